The highest BCUT2D eigenvalue weighted by molar-refractivity contribution is 6.10. The van der Waals surface area contributed by atoms with Gasteiger partial charge in [-0.1, -0.05) is 121 Å². The van der Waals surface area contributed by atoms with E-state index in [-0.39, 0.29) is 5.92 Å². The lowest BCUT2D eigenvalue weighted by molar-refractivity contribution is 0.589. The van der Waals surface area contributed by atoms with E-state index < -0.39 is 0 Å². The molecule has 2 heterocycles. The van der Waals surface area contributed by atoms with Gasteiger partial charge < -0.3 is 9.47 Å². The maximum atomic E-state index is 2.59. The van der Waals surface area contributed by atoms with Crippen LogP contribution >= 0.6 is 0 Å². The highest BCUT2D eigenvalue weighted by atomic mass is 15.2. The number of hydrogen-bond donors (Lipinski definition) is 0. The Bertz CT molecular complexity index is 2320. The maximum absolute atomic E-state index is 2.59. The van der Waals surface area contributed by atoms with Gasteiger partial charge in [0.05, 0.1) is 6.04 Å². The molecule has 5 aromatic rings. The van der Waals surface area contributed by atoms with Crippen LogP contribution in [0.15, 0.2) is 151 Å². The molecule has 4 aromatic carbocycles. The molecule has 10 rings (SSSR count). The topological polar surface area (TPSA) is 8.17 Å². The summed E-state index contributed by atoms with van der Waals surface area (Å²) in [6.45, 7) is 0. The number of hydrogen-bond acceptors (Lipinski definition) is 1. The van der Waals surface area contributed by atoms with Crippen LogP contribution in [0.3, 0.4) is 0 Å². The first-order valence-corrected chi connectivity index (χ1v) is 16.0. The molecule has 210 valence electrons. The second-order valence-corrected chi connectivity index (χ2v) is 12.7. The Balaban J connectivity index is 1.25. The van der Waals surface area contributed by atoms with E-state index in [1.165, 1.54) is 60.5 Å². The van der Waals surface area contributed by atoms with E-state index in [4.69, 9.17) is 0 Å². The Labute approximate surface area is 257 Å². The van der Waals surface area contributed by atoms with Gasteiger partial charge in [-0.05, 0) is 59.5 Å². The van der Waals surface area contributed by atoms with Crippen LogP contribution in [0.5, 0.6) is 0 Å². The molecule has 4 unspecified atom stereocenters. The number of allylic oxidation sites excluding steroid dienone is 10. The lowest BCUT2D eigenvalue weighted by atomic mass is 9.65. The summed E-state index contributed by atoms with van der Waals surface area (Å²) in [6.07, 6.45) is 23.0. The molecule has 2 heteroatoms. The van der Waals surface area contributed by atoms with Crippen molar-refractivity contribution >= 4 is 44.5 Å². The number of anilines is 2. The smallest absolute Gasteiger partial charge is 0.0560 e. The predicted octanol–water partition coefficient (Wildman–Crippen LogP) is 8.75. The zero-order chi connectivity index (χ0) is 28.8. The monoisotopic (exact) mass is 564 g/mol. The summed E-state index contributed by atoms with van der Waals surface area (Å²) in [5.74, 6) is 1.09. The molecule has 0 saturated carbocycles. The number of aromatic nitrogens is 1. The molecule has 0 bridgehead atoms. The molecule has 1 aliphatic heterocycles. The molecule has 0 radical (unpaired) electrons. The van der Waals surface area contributed by atoms with Crippen molar-refractivity contribution in [1.82, 2.24) is 4.57 Å². The second kappa shape index (κ2) is 9.21. The van der Waals surface area contributed by atoms with Gasteiger partial charge in [-0.25, -0.2) is 0 Å². The zero-order valence-corrected chi connectivity index (χ0v) is 24.5. The van der Waals surface area contributed by atoms with Gasteiger partial charge in [0.2, 0.25) is 0 Å². The van der Waals surface area contributed by atoms with Crippen LogP contribution < -0.4 is 15.3 Å². The Morgan fingerprint density at radius 1 is 0.636 bits per heavy atom. The van der Waals surface area contributed by atoms with Gasteiger partial charge >= 0.3 is 0 Å². The molecule has 0 fully saturated rings. The van der Waals surface area contributed by atoms with E-state index in [9.17, 15) is 0 Å². The van der Waals surface area contributed by atoms with Crippen LogP contribution in [0.2, 0.25) is 0 Å². The lowest BCUT2D eigenvalue weighted by Gasteiger charge is -2.39. The fourth-order valence-electron chi connectivity index (χ4n) is 8.80. The molecule has 0 spiro atoms. The highest BCUT2D eigenvalue weighted by Gasteiger charge is 2.46. The summed E-state index contributed by atoms with van der Waals surface area (Å²) in [5, 5.41) is 5.37. The summed E-state index contributed by atoms with van der Waals surface area (Å²) in [7, 11) is 0. The molecule has 4 aliphatic carbocycles. The van der Waals surface area contributed by atoms with Gasteiger partial charge in [-0.2, -0.15) is 0 Å². The minimum atomic E-state index is 0.275. The molecule has 2 nitrogen and oxygen atoms in total. The molecule has 0 N–H and O–H groups in total. The average Bonchev–Trinajstić information content (AvgIpc) is 3.62. The van der Waals surface area contributed by atoms with Crippen molar-refractivity contribution in [2.45, 2.75) is 24.8 Å². The third-order valence-electron chi connectivity index (χ3n) is 10.6. The number of fused-ring (bicyclic) bond motifs is 11. The van der Waals surface area contributed by atoms with Gasteiger partial charge in [-0.3, -0.25) is 0 Å². The third-order valence-corrected chi connectivity index (χ3v) is 10.6. The highest BCUT2D eigenvalue weighted by Crippen LogP contribution is 2.58. The van der Waals surface area contributed by atoms with Crippen molar-refractivity contribution in [3.63, 3.8) is 0 Å². The van der Waals surface area contributed by atoms with E-state index in [0.717, 1.165) is 12.8 Å². The van der Waals surface area contributed by atoms with Gasteiger partial charge in [0.15, 0.2) is 0 Å². The fourth-order valence-corrected chi connectivity index (χ4v) is 8.80. The minimum absolute atomic E-state index is 0.275. The molecule has 0 amide bonds. The van der Waals surface area contributed by atoms with Gasteiger partial charge in [0.25, 0.3) is 0 Å². The van der Waals surface area contributed by atoms with Crippen molar-refractivity contribution in [1.29, 1.82) is 0 Å². The second-order valence-electron chi connectivity index (χ2n) is 12.7. The first kappa shape index (κ1) is 24.4. The van der Waals surface area contributed by atoms with Crippen LogP contribution in [-0.4, -0.2) is 4.57 Å². The summed E-state index contributed by atoms with van der Waals surface area (Å²) in [4.78, 5) is 2.59. The SMILES string of the molecule is C1=CCC2C=CC3=c4ccccc4=C4C(c5ccccc5N4c4ccc5c(c4)c4ccccc4n5C4C=CC=CC4)C3C2=C1. The first-order valence-electron chi connectivity index (χ1n) is 16.0. The Morgan fingerprint density at radius 2 is 1.45 bits per heavy atom. The van der Waals surface area contributed by atoms with E-state index in [1.807, 2.05) is 0 Å². The normalized spacial score (nSPS) is 24.3. The summed E-state index contributed by atoms with van der Waals surface area (Å²) in [5.41, 5.74) is 11.0. The fraction of sp³-hybridized carbons (Fsp3) is 0.143. The number of nitrogens with zero attached hydrogens (tertiary/aromatic N) is 2. The Kier molecular flexibility index (Phi) is 5.10. The van der Waals surface area contributed by atoms with E-state index in [1.54, 1.807) is 5.57 Å². The minimum Gasteiger partial charge on any atom is -0.333 e. The third kappa shape index (κ3) is 3.26. The quantitative estimate of drug-likeness (QED) is 0.208. The number of para-hydroxylation sites is 2. The molecule has 44 heavy (non-hydrogen) atoms. The van der Waals surface area contributed by atoms with Crippen LogP contribution in [0.1, 0.15) is 30.4 Å². The number of rotatable bonds is 2. The van der Waals surface area contributed by atoms with E-state index in [2.05, 4.69) is 155 Å². The molecular weight excluding hydrogens is 532 g/mol. The van der Waals surface area contributed by atoms with Crippen molar-refractivity contribution in [2.75, 3.05) is 4.90 Å². The lowest BCUT2D eigenvalue weighted by Crippen LogP contribution is -2.42. The van der Waals surface area contributed by atoms with Gasteiger partial charge in [0.1, 0.15) is 0 Å². The van der Waals surface area contributed by atoms with Gasteiger partial charge in [-0.15, -0.1) is 0 Å². The average molecular weight is 565 g/mol. The largest absolute Gasteiger partial charge is 0.333 e. The Hall–Kier alpha value is -5.08. The van der Waals surface area contributed by atoms with Gasteiger partial charge in [0, 0.05) is 61.9 Å². The van der Waals surface area contributed by atoms with Crippen LogP contribution in [0.25, 0.3) is 33.1 Å². The van der Waals surface area contributed by atoms with Crippen LogP contribution in [0.4, 0.5) is 11.4 Å². The van der Waals surface area contributed by atoms with Crippen LogP contribution in [0, 0.1) is 11.8 Å². The van der Waals surface area contributed by atoms with E-state index in [0.29, 0.717) is 17.9 Å². The standard InChI is InChI=1S/C42H32N2/c1-2-13-28(14-3-1)43-37-20-10-8-17-32(37)36-26-29(23-25-39(36)43)44-38-21-11-9-19-35(38)41-40-30-15-5-4-12-27(30)22-24-33(40)31-16-6-7-18-34(31)42(41)44/h1-11,13,15-28,40-41H,12,14H2. The van der Waals surface area contributed by atoms with Crippen molar-refractivity contribution < 1.29 is 0 Å². The summed E-state index contributed by atoms with van der Waals surface area (Å²) < 4.78 is 2.54. The molecular formula is C42H32N2. The van der Waals surface area contributed by atoms with Crippen LogP contribution in [-0.2, 0) is 0 Å². The zero-order valence-electron chi connectivity index (χ0n) is 24.5. The molecule has 0 saturated heterocycles. The molecule has 5 aliphatic rings. The van der Waals surface area contributed by atoms with E-state index >= 15 is 0 Å². The van der Waals surface area contributed by atoms with Crippen molar-refractivity contribution in [2.24, 2.45) is 11.8 Å². The summed E-state index contributed by atoms with van der Waals surface area (Å²) >= 11 is 0. The molecule has 1 aromatic heterocycles. The number of benzene rings is 4. The maximum Gasteiger partial charge on any atom is 0.0560 e. The summed E-state index contributed by atoms with van der Waals surface area (Å²) in [6, 6.07) is 34.7. The Morgan fingerprint density at radius 3 is 2.39 bits per heavy atom. The first-order chi connectivity index (χ1) is 21.9. The van der Waals surface area contributed by atoms with Crippen molar-refractivity contribution in [3.05, 3.63) is 167 Å². The molecule has 4 atom stereocenters. The van der Waals surface area contributed by atoms with Crippen molar-refractivity contribution in [3.8, 4) is 0 Å². The predicted molar refractivity (Wildman–Crippen MR) is 183 cm³/mol.